The predicted molar refractivity (Wildman–Crippen MR) is 68.9 cm³/mol. The Labute approximate surface area is 104 Å². The molecule has 2 rings (SSSR count). The normalized spacial score (nSPS) is 24.4. The molecule has 0 bridgehead atoms. The topological polar surface area (TPSA) is 44.4 Å². The first-order chi connectivity index (χ1) is 8.01. The Morgan fingerprint density at radius 1 is 1.35 bits per heavy atom. The van der Waals surface area contributed by atoms with Crippen LogP contribution in [0.5, 0.6) is 0 Å². The van der Waals surface area contributed by atoms with E-state index in [9.17, 15) is 4.79 Å². The van der Waals surface area contributed by atoms with Gasteiger partial charge in [0.2, 0.25) is 5.91 Å². The number of nitrogens with zero attached hydrogens (tertiary/aromatic N) is 1. The van der Waals surface area contributed by atoms with E-state index < -0.39 is 0 Å². The molecule has 1 heterocycles. The van der Waals surface area contributed by atoms with Crippen LogP contribution in [0, 0.1) is 5.92 Å². The summed E-state index contributed by atoms with van der Waals surface area (Å²) in [7, 11) is 0. The fraction of sp³-hybridized carbons (Fsp3) is 0.923. The number of piperazine rings is 1. The highest BCUT2D eigenvalue weighted by atomic mass is 16.2. The minimum atomic E-state index is -0.384. The molecule has 4 nitrogen and oxygen atoms in total. The zero-order valence-corrected chi connectivity index (χ0v) is 11.3. The van der Waals surface area contributed by atoms with E-state index in [1.807, 2.05) is 13.8 Å². The molecule has 1 amide bonds. The highest BCUT2D eigenvalue weighted by Gasteiger charge is 2.37. The van der Waals surface area contributed by atoms with E-state index in [0.29, 0.717) is 6.04 Å². The highest BCUT2D eigenvalue weighted by molar-refractivity contribution is 5.85. The van der Waals surface area contributed by atoms with Crippen LogP contribution in [0.4, 0.5) is 0 Å². The van der Waals surface area contributed by atoms with Gasteiger partial charge in [0.1, 0.15) is 0 Å². The van der Waals surface area contributed by atoms with Gasteiger partial charge in [0.15, 0.2) is 0 Å². The Balaban J connectivity index is 1.90. The molecule has 1 unspecified atom stereocenters. The molecule has 1 aliphatic heterocycles. The lowest BCUT2D eigenvalue weighted by Crippen LogP contribution is -2.61. The molecule has 1 saturated carbocycles. The highest BCUT2D eigenvalue weighted by Crippen LogP contribution is 2.32. The minimum Gasteiger partial charge on any atom is -0.352 e. The molecule has 0 aromatic heterocycles. The molecule has 0 radical (unpaired) electrons. The molecule has 1 saturated heterocycles. The van der Waals surface area contributed by atoms with Crippen molar-refractivity contribution < 1.29 is 4.79 Å². The van der Waals surface area contributed by atoms with Gasteiger partial charge in [0.05, 0.1) is 5.54 Å². The van der Waals surface area contributed by atoms with Crippen molar-refractivity contribution >= 4 is 5.91 Å². The molecular weight excluding hydrogens is 214 g/mol. The summed E-state index contributed by atoms with van der Waals surface area (Å²) in [6, 6.07) is 0.338. The summed E-state index contributed by atoms with van der Waals surface area (Å²) >= 11 is 0. The standard InChI is InChI=1S/C13H25N3O/c1-10(11-4-5-11)15-12(17)13(2,3)16-8-6-14-7-9-16/h10-11,14H,4-9H2,1-3H3,(H,15,17). The first-order valence-electron chi connectivity index (χ1n) is 6.78. The van der Waals surface area contributed by atoms with Gasteiger partial charge < -0.3 is 10.6 Å². The van der Waals surface area contributed by atoms with Crippen LogP contribution in [0.3, 0.4) is 0 Å². The van der Waals surface area contributed by atoms with E-state index in [1.54, 1.807) is 0 Å². The summed E-state index contributed by atoms with van der Waals surface area (Å²) < 4.78 is 0. The molecule has 0 spiro atoms. The van der Waals surface area contributed by atoms with Crippen LogP contribution in [-0.2, 0) is 4.79 Å². The van der Waals surface area contributed by atoms with Crippen molar-refractivity contribution in [3.05, 3.63) is 0 Å². The second kappa shape index (κ2) is 4.94. The minimum absolute atomic E-state index is 0.179. The summed E-state index contributed by atoms with van der Waals surface area (Å²) in [6.07, 6.45) is 2.55. The predicted octanol–water partition coefficient (Wildman–Crippen LogP) is 0.585. The van der Waals surface area contributed by atoms with Crippen molar-refractivity contribution in [2.24, 2.45) is 5.92 Å². The van der Waals surface area contributed by atoms with E-state index in [1.165, 1.54) is 12.8 Å². The van der Waals surface area contributed by atoms with E-state index in [2.05, 4.69) is 22.5 Å². The monoisotopic (exact) mass is 239 g/mol. The third-order valence-electron chi connectivity index (χ3n) is 4.15. The van der Waals surface area contributed by atoms with Gasteiger partial charge in [-0.05, 0) is 39.5 Å². The second-order valence-electron chi connectivity index (χ2n) is 5.90. The second-order valence-corrected chi connectivity index (χ2v) is 5.90. The Morgan fingerprint density at radius 3 is 2.47 bits per heavy atom. The van der Waals surface area contributed by atoms with Gasteiger partial charge in [-0.2, -0.15) is 0 Å². The number of hydrogen-bond acceptors (Lipinski definition) is 3. The van der Waals surface area contributed by atoms with Crippen LogP contribution in [0.15, 0.2) is 0 Å². The number of rotatable bonds is 4. The summed E-state index contributed by atoms with van der Waals surface area (Å²) in [5.74, 6) is 0.900. The lowest BCUT2D eigenvalue weighted by molar-refractivity contribution is -0.132. The molecule has 1 atom stereocenters. The number of amides is 1. The van der Waals surface area contributed by atoms with E-state index >= 15 is 0 Å². The van der Waals surface area contributed by atoms with Gasteiger partial charge >= 0.3 is 0 Å². The zero-order valence-electron chi connectivity index (χ0n) is 11.3. The fourth-order valence-electron chi connectivity index (χ4n) is 2.46. The van der Waals surface area contributed by atoms with Gasteiger partial charge in [-0.1, -0.05) is 0 Å². The van der Waals surface area contributed by atoms with Crippen LogP contribution in [-0.4, -0.2) is 48.6 Å². The number of carbonyl (C=O) groups is 1. The van der Waals surface area contributed by atoms with Crippen molar-refractivity contribution in [3.8, 4) is 0 Å². The largest absolute Gasteiger partial charge is 0.352 e. The van der Waals surface area contributed by atoms with Crippen LogP contribution in [0.25, 0.3) is 0 Å². The van der Waals surface area contributed by atoms with Gasteiger partial charge in [0, 0.05) is 32.2 Å². The summed E-state index contributed by atoms with van der Waals surface area (Å²) in [5.41, 5.74) is -0.384. The molecule has 2 fully saturated rings. The molecular formula is C13H25N3O. The first kappa shape index (κ1) is 12.8. The molecule has 0 aromatic carbocycles. The van der Waals surface area contributed by atoms with Crippen molar-refractivity contribution in [1.29, 1.82) is 0 Å². The molecule has 0 aromatic rings. The van der Waals surface area contributed by atoms with Crippen molar-refractivity contribution in [1.82, 2.24) is 15.5 Å². The van der Waals surface area contributed by atoms with E-state index in [4.69, 9.17) is 0 Å². The third kappa shape index (κ3) is 2.99. The van der Waals surface area contributed by atoms with E-state index in [0.717, 1.165) is 32.1 Å². The zero-order chi connectivity index (χ0) is 12.5. The molecule has 2 aliphatic rings. The summed E-state index contributed by atoms with van der Waals surface area (Å²) in [6.45, 7) is 10.1. The van der Waals surface area contributed by atoms with Gasteiger partial charge in [-0.25, -0.2) is 0 Å². The molecule has 1 aliphatic carbocycles. The quantitative estimate of drug-likeness (QED) is 0.754. The van der Waals surface area contributed by atoms with Crippen LogP contribution < -0.4 is 10.6 Å². The fourth-order valence-corrected chi connectivity index (χ4v) is 2.46. The molecule has 4 heteroatoms. The lowest BCUT2D eigenvalue weighted by atomic mass is 9.99. The van der Waals surface area contributed by atoms with Crippen molar-refractivity contribution in [3.63, 3.8) is 0 Å². The van der Waals surface area contributed by atoms with Gasteiger partial charge in [-0.3, -0.25) is 9.69 Å². The number of hydrogen-bond donors (Lipinski definition) is 2. The average Bonchev–Trinajstić information content (AvgIpc) is 3.13. The Kier molecular flexibility index (Phi) is 3.73. The Bertz CT molecular complexity index is 280. The van der Waals surface area contributed by atoms with Crippen LogP contribution >= 0.6 is 0 Å². The first-order valence-corrected chi connectivity index (χ1v) is 6.78. The van der Waals surface area contributed by atoms with Crippen molar-refractivity contribution in [2.45, 2.75) is 45.2 Å². The van der Waals surface area contributed by atoms with E-state index in [-0.39, 0.29) is 11.4 Å². The number of nitrogens with one attached hydrogen (secondary N) is 2. The summed E-state index contributed by atoms with van der Waals surface area (Å²) in [5, 5.41) is 6.50. The maximum Gasteiger partial charge on any atom is 0.240 e. The molecule has 2 N–H and O–H groups in total. The molecule has 17 heavy (non-hydrogen) atoms. The van der Waals surface area contributed by atoms with Crippen LogP contribution in [0.2, 0.25) is 0 Å². The lowest BCUT2D eigenvalue weighted by Gasteiger charge is -2.40. The summed E-state index contributed by atoms with van der Waals surface area (Å²) in [4.78, 5) is 14.6. The van der Waals surface area contributed by atoms with Gasteiger partial charge in [-0.15, -0.1) is 0 Å². The molecule has 98 valence electrons. The Morgan fingerprint density at radius 2 is 1.94 bits per heavy atom. The maximum absolute atomic E-state index is 12.3. The van der Waals surface area contributed by atoms with Crippen LogP contribution in [0.1, 0.15) is 33.6 Å². The smallest absolute Gasteiger partial charge is 0.240 e. The van der Waals surface area contributed by atoms with Gasteiger partial charge in [0.25, 0.3) is 0 Å². The Hall–Kier alpha value is -0.610. The average molecular weight is 239 g/mol. The maximum atomic E-state index is 12.3. The SMILES string of the molecule is CC(NC(=O)C(C)(C)N1CCNCC1)C1CC1. The third-order valence-corrected chi connectivity index (χ3v) is 4.15. The number of carbonyl (C=O) groups excluding carboxylic acids is 1. The van der Waals surface area contributed by atoms with Crippen molar-refractivity contribution in [2.75, 3.05) is 26.2 Å².